The summed E-state index contributed by atoms with van der Waals surface area (Å²) in [6, 6.07) is 11.0. The minimum atomic E-state index is 0.434. The fraction of sp³-hybridized carbons (Fsp3) is 0.455. The van der Waals surface area contributed by atoms with Crippen LogP contribution in [0.25, 0.3) is 0 Å². The average Bonchev–Trinajstić information content (AvgIpc) is 2.19. The van der Waals surface area contributed by atoms with Crippen molar-refractivity contribution in [2.75, 3.05) is 6.26 Å². The molecule has 0 aliphatic rings. The molecule has 0 amide bonds. The Morgan fingerprint density at radius 2 is 1.77 bits per heavy atom. The van der Waals surface area contributed by atoms with Crippen LogP contribution < -0.4 is 5.32 Å². The van der Waals surface area contributed by atoms with Crippen LogP contribution in [0.5, 0.6) is 0 Å². The lowest BCUT2D eigenvalue weighted by atomic mass is 10.1. The van der Waals surface area contributed by atoms with Crippen molar-refractivity contribution in [2.45, 2.75) is 25.3 Å². The van der Waals surface area contributed by atoms with Gasteiger partial charge in [0.1, 0.15) is 0 Å². The highest BCUT2D eigenvalue weighted by Gasteiger charge is 2.06. The molecule has 1 N–H and O–H groups in total. The van der Waals surface area contributed by atoms with Gasteiger partial charge >= 0.3 is 0 Å². The Morgan fingerprint density at radius 3 is 2.31 bits per heavy atom. The van der Waals surface area contributed by atoms with Crippen molar-refractivity contribution < 1.29 is 0 Å². The number of rotatable bonds is 4. The predicted octanol–water partition coefficient (Wildman–Crippen LogP) is 3.05. The highest BCUT2D eigenvalue weighted by atomic mass is 32.2. The molecule has 0 heterocycles. The first-order valence-electron chi connectivity index (χ1n) is 4.58. The van der Waals surface area contributed by atoms with E-state index in [0.717, 1.165) is 0 Å². The van der Waals surface area contributed by atoms with Crippen molar-refractivity contribution in [3.63, 3.8) is 0 Å². The zero-order chi connectivity index (χ0) is 9.68. The molecule has 0 bridgehead atoms. The molecule has 0 fully saturated rings. The number of hydrogen-bond donors (Lipinski definition) is 1. The lowest BCUT2D eigenvalue weighted by Gasteiger charge is -2.18. The van der Waals surface area contributed by atoms with Gasteiger partial charge in [-0.1, -0.05) is 30.3 Å². The fourth-order valence-corrected chi connectivity index (χ4v) is 1.60. The summed E-state index contributed by atoms with van der Waals surface area (Å²) in [5.41, 5.74) is 1.35. The van der Waals surface area contributed by atoms with Crippen LogP contribution in [0.2, 0.25) is 0 Å². The molecule has 0 radical (unpaired) electrons. The first-order chi connectivity index (χ1) is 6.24. The van der Waals surface area contributed by atoms with Gasteiger partial charge in [0.15, 0.2) is 0 Å². The molecule has 72 valence electrons. The fourth-order valence-electron chi connectivity index (χ4n) is 1.26. The van der Waals surface area contributed by atoms with Crippen LogP contribution in [0.3, 0.4) is 0 Å². The second-order valence-corrected chi connectivity index (χ2v) is 4.36. The minimum absolute atomic E-state index is 0.434. The third kappa shape index (κ3) is 3.41. The highest BCUT2D eigenvalue weighted by molar-refractivity contribution is 7.99. The maximum Gasteiger partial charge on any atom is 0.0505 e. The van der Waals surface area contributed by atoms with E-state index in [1.807, 2.05) is 17.8 Å². The van der Waals surface area contributed by atoms with E-state index >= 15 is 0 Å². The predicted molar refractivity (Wildman–Crippen MR) is 61.0 cm³/mol. The van der Waals surface area contributed by atoms with Gasteiger partial charge in [0.25, 0.3) is 0 Å². The molecule has 1 aromatic rings. The van der Waals surface area contributed by atoms with E-state index < -0.39 is 0 Å². The molecule has 0 saturated heterocycles. The maximum atomic E-state index is 3.51. The van der Waals surface area contributed by atoms with Gasteiger partial charge in [-0.25, -0.2) is 0 Å². The van der Waals surface area contributed by atoms with Crippen molar-refractivity contribution >= 4 is 11.8 Å². The normalized spacial score (nSPS) is 15.3. The Balaban J connectivity index is 2.53. The summed E-state index contributed by atoms with van der Waals surface area (Å²) in [4.78, 5) is 0. The van der Waals surface area contributed by atoms with Gasteiger partial charge in [-0.15, -0.1) is 11.8 Å². The van der Waals surface area contributed by atoms with E-state index in [1.165, 1.54) is 5.56 Å². The highest BCUT2D eigenvalue weighted by Crippen LogP contribution is 2.14. The molecule has 1 unspecified atom stereocenters. The van der Waals surface area contributed by atoms with Crippen molar-refractivity contribution in [2.24, 2.45) is 0 Å². The van der Waals surface area contributed by atoms with Crippen LogP contribution in [-0.4, -0.2) is 11.6 Å². The van der Waals surface area contributed by atoms with Crippen LogP contribution in [0, 0.1) is 0 Å². The molecule has 0 spiro atoms. The van der Waals surface area contributed by atoms with Crippen molar-refractivity contribution in [1.29, 1.82) is 0 Å². The zero-order valence-corrected chi connectivity index (χ0v) is 9.27. The molecular weight excluding hydrogens is 178 g/mol. The van der Waals surface area contributed by atoms with E-state index in [-0.39, 0.29) is 0 Å². The molecule has 13 heavy (non-hydrogen) atoms. The average molecular weight is 195 g/mol. The summed E-state index contributed by atoms with van der Waals surface area (Å²) in [6.07, 6.45) is 2.12. The van der Waals surface area contributed by atoms with E-state index in [9.17, 15) is 0 Å². The topological polar surface area (TPSA) is 12.0 Å². The van der Waals surface area contributed by atoms with Gasteiger partial charge < -0.3 is 0 Å². The first-order valence-corrected chi connectivity index (χ1v) is 5.86. The van der Waals surface area contributed by atoms with Crippen molar-refractivity contribution in [3.05, 3.63) is 35.9 Å². The summed E-state index contributed by atoms with van der Waals surface area (Å²) < 4.78 is 0. The van der Waals surface area contributed by atoms with Gasteiger partial charge in [-0.05, 0) is 25.7 Å². The summed E-state index contributed by atoms with van der Waals surface area (Å²) in [5, 5.41) is 4.02. The summed E-state index contributed by atoms with van der Waals surface area (Å²) in [5.74, 6) is 0. The summed E-state index contributed by atoms with van der Waals surface area (Å²) in [6.45, 7) is 4.38. The number of nitrogens with one attached hydrogen (secondary N) is 1. The maximum absolute atomic E-state index is 3.51. The van der Waals surface area contributed by atoms with E-state index in [2.05, 4.69) is 49.7 Å². The van der Waals surface area contributed by atoms with Crippen LogP contribution >= 0.6 is 11.8 Å². The van der Waals surface area contributed by atoms with E-state index in [0.29, 0.717) is 11.4 Å². The van der Waals surface area contributed by atoms with Gasteiger partial charge in [0.05, 0.1) is 5.37 Å². The Bertz CT molecular complexity index is 235. The third-order valence-corrected chi connectivity index (χ3v) is 2.98. The number of thioether (sulfide) groups is 1. The Labute approximate surface area is 84.9 Å². The standard InChI is InChI=1S/C11H17NS/c1-9(12-10(2)13-3)11-7-5-4-6-8-11/h4-10,12H,1-3H3/t9-,10?/m1/s1. The second kappa shape index (κ2) is 5.30. The SMILES string of the molecule is CSC(C)N[C@H](C)c1ccccc1. The molecule has 1 nitrogen and oxygen atoms in total. The van der Waals surface area contributed by atoms with Crippen molar-refractivity contribution in [3.8, 4) is 0 Å². The molecule has 1 aromatic carbocycles. The monoisotopic (exact) mass is 195 g/mol. The Hall–Kier alpha value is -0.470. The van der Waals surface area contributed by atoms with Gasteiger partial charge in [0.2, 0.25) is 0 Å². The Kier molecular flexibility index (Phi) is 4.33. The van der Waals surface area contributed by atoms with Gasteiger partial charge in [-0.3, -0.25) is 5.32 Å². The lowest BCUT2D eigenvalue weighted by molar-refractivity contribution is 0.573. The van der Waals surface area contributed by atoms with Crippen LogP contribution in [0.1, 0.15) is 25.5 Å². The molecular formula is C11H17NS. The second-order valence-electron chi connectivity index (χ2n) is 3.18. The smallest absolute Gasteiger partial charge is 0.0505 e. The number of hydrogen-bond acceptors (Lipinski definition) is 2. The molecule has 2 atom stereocenters. The molecule has 1 rings (SSSR count). The Morgan fingerprint density at radius 1 is 1.15 bits per heavy atom. The van der Waals surface area contributed by atoms with E-state index in [1.54, 1.807) is 0 Å². The minimum Gasteiger partial charge on any atom is -0.299 e. The molecule has 0 aliphatic heterocycles. The number of benzene rings is 1. The van der Waals surface area contributed by atoms with Gasteiger partial charge in [-0.2, -0.15) is 0 Å². The third-order valence-electron chi connectivity index (χ3n) is 2.14. The summed E-state index contributed by atoms with van der Waals surface area (Å²) in [7, 11) is 0. The van der Waals surface area contributed by atoms with Crippen LogP contribution in [-0.2, 0) is 0 Å². The van der Waals surface area contributed by atoms with E-state index in [4.69, 9.17) is 0 Å². The molecule has 0 saturated carbocycles. The zero-order valence-electron chi connectivity index (χ0n) is 8.45. The van der Waals surface area contributed by atoms with Crippen LogP contribution in [0.4, 0.5) is 0 Å². The van der Waals surface area contributed by atoms with Crippen molar-refractivity contribution in [1.82, 2.24) is 5.32 Å². The molecule has 0 aliphatic carbocycles. The lowest BCUT2D eigenvalue weighted by Crippen LogP contribution is -2.25. The summed E-state index contributed by atoms with van der Waals surface area (Å²) >= 11 is 1.84. The van der Waals surface area contributed by atoms with Gasteiger partial charge in [0, 0.05) is 6.04 Å². The first kappa shape index (κ1) is 10.6. The van der Waals surface area contributed by atoms with Crippen LogP contribution in [0.15, 0.2) is 30.3 Å². The molecule has 0 aromatic heterocycles. The largest absolute Gasteiger partial charge is 0.299 e. The molecule has 2 heteroatoms. The quantitative estimate of drug-likeness (QED) is 0.741.